The number of hydrogen-bond acceptors (Lipinski definition) is 3. The minimum atomic E-state index is -3.27. The predicted octanol–water partition coefficient (Wildman–Crippen LogP) is 3.23. The molecule has 27 heavy (non-hydrogen) atoms. The predicted molar refractivity (Wildman–Crippen MR) is 125 cm³/mol. The van der Waals surface area contributed by atoms with E-state index in [1.165, 1.54) is 13.5 Å². The summed E-state index contributed by atoms with van der Waals surface area (Å²) >= 11 is 0. The zero-order valence-electron chi connectivity index (χ0n) is 17.1. The van der Waals surface area contributed by atoms with Crippen LogP contribution in [-0.4, -0.2) is 34.0 Å². The quantitative estimate of drug-likeness (QED) is 0.257. The lowest BCUT2D eigenvalue weighted by atomic mass is 10.0. The number of halogens is 1. The van der Waals surface area contributed by atoms with Gasteiger partial charge in [0.05, 0.1) is 12.3 Å². The summed E-state index contributed by atoms with van der Waals surface area (Å²) < 4.78 is 25.7. The SMILES string of the molecule is CCNC(=NCc1cccc(CS(=O)(=O)NC)c1)NC(C)CCC(C)C.I. The Labute approximate surface area is 182 Å². The van der Waals surface area contributed by atoms with Gasteiger partial charge in [-0.05, 0) is 50.8 Å². The molecule has 0 heterocycles. The number of benzene rings is 1. The van der Waals surface area contributed by atoms with Crippen LogP contribution in [0, 0.1) is 5.92 Å². The molecule has 0 aliphatic rings. The Morgan fingerprint density at radius 1 is 1.15 bits per heavy atom. The molecule has 156 valence electrons. The zero-order chi connectivity index (χ0) is 19.6. The minimum Gasteiger partial charge on any atom is -0.357 e. The van der Waals surface area contributed by atoms with Gasteiger partial charge in [0, 0.05) is 12.6 Å². The molecule has 0 aromatic heterocycles. The Morgan fingerprint density at radius 2 is 1.81 bits per heavy atom. The minimum absolute atomic E-state index is 0. The Morgan fingerprint density at radius 3 is 2.41 bits per heavy atom. The smallest absolute Gasteiger partial charge is 0.215 e. The number of rotatable bonds is 10. The van der Waals surface area contributed by atoms with Crippen molar-refractivity contribution in [3.63, 3.8) is 0 Å². The number of sulfonamides is 1. The molecule has 8 heteroatoms. The average Bonchev–Trinajstić information content (AvgIpc) is 2.58. The molecule has 0 bridgehead atoms. The molecule has 0 aliphatic heterocycles. The highest BCUT2D eigenvalue weighted by atomic mass is 127. The van der Waals surface area contributed by atoms with Gasteiger partial charge >= 0.3 is 0 Å². The Bertz CT molecular complexity index is 678. The van der Waals surface area contributed by atoms with Crippen LogP contribution in [0.25, 0.3) is 0 Å². The highest BCUT2D eigenvalue weighted by Crippen LogP contribution is 2.10. The van der Waals surface area contributed by atoms with E-state index >= 15 is 0 Å². The number of nitrogens with zero attached hydrogens (tertiary/aromatic N) is 1. The fourth-order valence-corrected chi connectivity index (χ4v) is 3.25. The molecule has 0 saturated heterocycles. The largest absolute Gasteiger partial charge is 0.357 e. The second kappa shape index (κ2) is 13.3. The first-order chi connectivity index (χ1) is 12.3. The van der Waals surface area contributed by atoms with Crippen molar-refractivity contribution in [2.24, 2.45) is 10.9 Å². The van der Waals surface area contributed by atoms with E-state index in [2.05, 4.69) is 41.1 Å². The summed E-state index contributed by atoms with van der Waals surface area (Å²) in [5, 5.41) is 6.70. The third-order valence-corrected chi connectivity index (χ3v) is 5.32. The second-order valence-corrected chi connectivity index (χ2v) is 8.92. The molecule has 0 amide bonds. The molecule has 1 rings (SSSR count). The molecule has 1 aromatic carbocycles. The van der Waals surface area contributed by atoms with Crippen molar-refractivity contribution in [1.29, 1.82) is 0 Å². The highest BCUT2D eigenvalue weighted by molar-refractivity contribution is 14.0. The summed E-state index contributed by atoms with van der Waals surface area (Å²) in [5.41, 5.74) is 1.75. The Kier molecular flexibility index (Phi) is 12.9. The Hall–Kier alpha value is -0.870. The van der Waals surface area contributed by atoms with Gasteiger partial charge in [-0.2, -0.15) is 0 Å². The highest BCUT2D eigenvalue weighted by Gasteiger charge is 2.09. The summed E-state index contributed by atoms with van der Waals surface area (Å²) in [6.45, 7) is 9.96. The van der Waals surface area contributed by atoms with Gasteiger partial charge < -0.3 is 10.6 Å². The van der Waals surface area contributed by atoms with Crippen molar-refractivity contribution >= 4 is 40.0 Å². The van der Waals surface area contributed by atoms with Crippen molar-refractivity contribution in [3.8, 4) is 0 Å². The summed E-state index contributed by atoms with van der Waals surface area (Å²) in [5.74, 6) is 1.46. The molecule has 1 unspecified atom stereocenters. The van der Waals surface area contributed by atoms with Gasteiger partial charge in [0.1, 0.15) is 0 Å². The van der Waals surface area contributed by atoms with Gasteiger partial charge in [-0.1, -0.05) is 38.1 Å². The molecule has 0 spiro atoms. The van der Waals surface area contributed by atoms with Gasteiger partial charge in [-0.25, -0.2) is 18.1 Å². The normalized spacial score (nSPS) is 13.2. The lowest BCUT2D eigenvalue weighted by Gasteiger charge is -2.18. The molecule has 1 aromatic rings. The van der Waals surface area contributed by atoms with E-state index in [1.807, 2.05) is 31.2 Å². The van der Waals surface area contributed by atoms with E-state index < -0.39 is 10.0 Å². The Balaban J connectivity index is 0.00000676. The lowest BCUT2D eigenvalue weighted by molar-refractivity contribution is 0.489. The standard InChI is InChI=1S/C19H34N4O2S.HI/c1-6-21-19(23-16(4)11-10-15(2)3)22-13-17-8-7-9-18(12-17)14-26(24,25)20-5;/h7-9,12,15-16,20H,6,10-11,13-14H2,1-5H3,(H2,21,22,23);1H. The third-order valence-electron chi connectivity index (χ3n) is 3.98. The summed E-state index contributed by atoms with van der Waals surface area (Å²) in [6.07, 6.45) is 2.27. The van der Waals surface area contributed by atoms with Crippen LogP contribution in [0.4, 0.5) is 0 Å². The maximum absolute atomic E-state index is 11.7. The molecule has 3 N–H and O–H groups in total. The van der Waals surface area contributed by atoms with Gasteiger partial charge in [0.15, 0.2) is 5.96 Å². The summed E-state index contributed by atoms with van der Waals surface area (Å²) in [6, 6.07) is 7.90. The summed E-state index contributed by atoms with van der Waals surface area (Å²) in [7, 11) is -1.84. The zero-order valence-corrected chi connectivity index (χ0v) is 20.2. The molecular formula is C19H35IN4O2S. The molecule has 0 radical (unpaired) electrons. The molecule has 0 fully saturated rings. The van der Waals surface area contributed by atoms with Crippen LogP contribution in [0.2, 0.25) is 0 Å². The first kappa shape index (κ1) is 26.1. The first-order valence-electron chi connectivity index (χ1n) is 9.29. The van der Waals surface area contributed by atoms with Gasteiger partial charge in [-0.3, -0.25) is 0 Å². The average molecular weight is 510 g/mol. The van der Waals surface area contributed by atoms with E-state index in [-0.39, 0.29) is 29.7 Å². The van der Waals surface area contributed by atoms with Gasteiger partial charge in [-0.15, -0.1) is 24.0 Å². The van der Waals surface area contributed by atoms with E-state index in [9.17, 15) is 8.42 Å². The van der Waals surface area contributed by atoms with Gasteiger partial charge in [0.2, 0.25) is 10.0 Å². The lowest BCUT2D eigenvalue weighted by Crippen LogP contribution is -2.42. The van der Waals surface area contributed by atoms with Crippen LogP contribution in [0.5, 0.6) is 0 Å². The van der Waals surface area contributed by atoms with Crippen LogP contribution < -0.4 is 15.4 Å². The van der Waals surface area contributed by atoms with Crippen LogP contribution in [0.1, 0.15) is 51.7 Å². The van der Waals surface area contributed by atoms with E-state index in [0.717, 1.165) is 30.1 Å². The topological polar surface area (TPSA) is 82.6 Å². The third kappa shape index (κ3) is 11.5. The molecular weight excluding hydrogens is 475 g/mol. The van der Waals surface area contributed by atoms with Crippen molar-refractivity contribution in [2.75, 3.05) is 13.6 Å². The second-order valence-electron chi connectivity index (χ2n) is 6.99. The van der Waals surface area contributed by atoms with E-state index in [4.69, 9.17) is 0 Å². The maximum Gasteiger partial charge on any atom is 0.215 e. The van der Waals surface area contributed by atoms with E-state index in [1.54, 1.807) is 0 Å². The maximum atomic E-state index is 11.7. The first-order valence-corrected chi connectivity index (χ1v) is 10.9. The molecule has 1 atom stereocenters. The molecule has 0 saturated carbocycles. The van der Waals surface area contributed by atoms with Crippen LogP contribution in [-0.2, 0) is 22.3 Å². The monoisotopic (exact) mass is 510 g/mol. The summed E-state index contributed by atoms with van der Waals surface area (Å²) in [4.78, 5) is 4.64. The fourth-order valence-electron chi connectivity index (χ4n) is 2.49. The van der Waals surface area contributed by atoms with Crippen LogP contribution >= 0.6 is 24.0 Å². The van der Waals surface area contributed by atoms with Gasteiger partial charge in [0.25, 0.3) is 0 Å². The van der Waals surface area contributed by atoms with Crippen molar-refractivity contribution < 1.29 is 8.42 Å². The molecule has 0 aliphatic carbocycles. The number of nitrogens with one attached hydrogen (secondary N) is 3. The van der Waals surface area contributed by atoms with Crippen LogP contribution in [0.15, 0.2) is 29.3 Å². The van der Waals surface area contributed by atoms with Crippen molar-refractivity contribution in [3.05, 3.63) is 35.4 Å². The van der Waals surface area contributed by atoms with Crippen LogP contribution in [0.3, 0.4) is 0 Å². The number of guanidine groups is 1. The number of aliphatic imine (C=N–C) groups is 1. The van der Waals surface area contributed by atoms with Crippen molar-refractivity contribution in [1.82, 2.24) is 15.4 Å². The number of hydrogen-bond donors (Lipinski definition) is 3. The van der Waals surface area contributed by atoms with E-state index in [0.29, 0.717) is 18.5 Å². The fraction of sp³-hybridized carbons (Fsp3) is 0.632. The van der Waals surface area contributed by atoms with Crippen molar-refractivity contribution in [2.45, 2.75) is 58.9 Å². The molecule has 6 nitrogen and oxygen atoms in total.